The van der Waals surface area contributed by atoms with Gasteiger partial charge in [0.25, 0.3) is 0 Å². The fourth-order valence-electron chi connectivity index (χ4n) is 3.55. The summed E-state index contributed by atoms with van der Waals surface area (Å²) >= 11 is 0. The maximum atomic E-state index is 14.5. The zero-order valence-electron chi connectivity index (χ0n) is 19.1. The van der Waals surface area contributed by atoms with E-state index < -0.39 is 5.60 Å². The van der Waals surface area contributed by atoms with Gasteiger partial charge < -0.3 is 14.6 Å². The standard InChI is InChI=1S/C26H37FO3/c1-8-13-23(24(27)14-9-2)26(5,6)30-16-12-11-15-21-18-22(29-7)17-20(10-3)25(21)19(4)28/h10-11,14-15,17-18,23,28H,3-4,8-9,12-13,16H2,1-2,5-7H3/b15-11+,24-14+. The number of methoxy groups -OCH3 is 1. The van der Waals surface area contributed by atoms with E-state index in [1.54, 1.807) is 25.3 Å². The smallest absolute Gasteiger partial charge is 0.120 e. The van der Waals surface area contributed by atoms with Gasteiger partial charge in [-0.05, 0) is 56.4 Å². The van der Waals surface area contributed by atoms with Crippen LogP contribution in [0.15, 0.2) is 43.3 Å². The van der Waals surface area contributed by atoms with Crippen LogP contribution in [0.25, 0.3) is 17.9 Å². The lowest BCUT2D eigenvalue weighted by molar-refractivity contribution is -0.0554. The van der Waals surface area contributed by atoms with Gasteiger partial charge in [-0.3, -0.25) is 0 Å². The van der Waals surface area contributed by atoms with E-state index in [1.165, 1.54) is 0 Å². The summed E-state index contributed by atoms with van der Waals surface area (Å²) in [7, 11) is 1.60. The topological polar surface area (TPSA) is 38.7 Å². The molecule has 1 aromatic rings. The first-order chi connectivity index (χ1) is 14.2. The molecule has 0 saturated heterocycles. The van der Waals surface area contributed by atoms with E-state index in [1.807, 2.05) is 39.0 Å². The van der Waals surface area contributed by atoms with E-state index in [0.717, 1.165) is 24.0 Å². The second-order valence-electron chi connectivity index (χ2n) is 7.81. The van der Waals surface area contributed by atoms with Crippen LogP contribution in [0.1, 0.15) is 70.1 Å². The Morgan fingerprint density at radius 1 is 1.27 bits per heavy atom. The van der Waals surface area contributed by atoms with Gasteiger partial charge in [0.15, 0.2) is 0 Å². The summed E-state index contributed by atoms with van der Waals surface area (Å²) in [6.07, 6.45) is 10.2. The summed E-state index contributed by atoms with van der Waals surface area (Å²) in [6, 6.07) is 3.65. The van der Waals surface area contributed by atoms with Crippen molar-refractivity contribution in [2.24, 2.45) is 5.92 Å². The van der Waals surface area contributed by atoms with Gasteiger partial charge in [-0.2, -0.15) is 0 Å². The Balaban J connectivity index is 2.90. The number of hydrogen-bond acceptors (Lipinski definition) is 3. The Bertz CT molecular complexity index is 775. The number of allylic oxidation sites excluding steroid dienone is 1. The lowest BCUT2D eigenvalue weighted by Gasteiger charge is -2.33. The molecule has 0 aliphatic rings. The molecule has 0 spiro atoms. The zero-order chi connectivity index (χ0) is 22.7. The Hall–Kier alpha value is -2.33. The second kappa shape index (κ2) is 12.4. The maximum absolute atomic E-state index is 14.5. The number of aliphatic hydroxyl groups excluding tert-OH is 1. The first kappa shape index (κ1) is 25.7. The van der Waals surface area contributed by atoms with Crippen LogP contribution in [0.4, 0.5) is 4.39 Å². The highest BCUT2D eigenvalue weighted by Crippen LogP contribution is 2.33. The third-order valence-electron chi connectivity index (χ3n) is 5.12. The van der Waals surface area contributed by atoms with E-state index >= 15 is 0 Å². The third-order valence-corrected chi connectivity index (χ3v) is 5.12. The van der Waals surface area contributed by atoms with Crippen LogP contribution in [-0.4, -0.2) is 24.4 Å². The van der Waals surface area contributed by atoms with Crippen molar-refractivity contribution in [3.8, 4) is 5.75 Å². The highest BCUT2D eigenvalue weighted by Gasteiger charge is 2.32. The molecule has 0 heterocycles. The van der Waals surface area contributed by atoms with Crippen molar-refractivity contribution in [2.75, 3.05) is 13.7 Å². The predicted octanol–water partition coefficient (Wildman–Crippen LogP) is 7.75. The Labute approximate surface area is 181 Å². The number of aliphatic hydroxyl groups is 1. The van der Waals surface area contributed by atoms with E-state index in [2.05, 4.69) is 20.1 Å². The van der Waals surface area contributed by atoms with Gasteiger partial charge in [0.2, 0.25) is 0 Å². The van der Waals surface area contributed by atoms with Crippen molar-refractivity contribution in [3.05, 3.63) is 60.0 Å². The molecule has 1 N–H and O–H groups in total. The molecule has 1 rings (SSSR count). The second-order valence-corrected chi connectivity index (χ2v) is 7.81. The molecule has 3 nitrogen and oxygen atoms in total. The fraction of sp³-hybridized carbons (Fsp3) is 0.462. The van der Waals surface area contributed by atoms with E-state index in [4.69, 9.17) is 9.47 Å². The van der Waals surface area contributed by atoms with E-state index in [0.29, 0.717) is 30.8 Å². The largest absolute Gasteiger partial charge is 0.508 e. The van der Waals surface area contributed by atoms with Crippen LogP contribution < -0.4 is 4.74 Å². The summed E-state index contributed by atoms with van der Waals surface area (Å²) in [6.45, 7) is 15.8. The minimum atomic E-state index is -0.587. The molecule has 0 amide bonds. The van der Waals surface area contributed by atoms with E-state index in [-0.39, 0.29) is 17.5 Å². The van der Waals surface area contributed by atoms with Crippen molar-refractivity contribution in [1.82, 2.24) is 0 Å². The molecular formula is C26H37FO3. The number of ether oxygens (including phenoxy) is 2. The van der Waals surface area contributed by atoms with Crippen molar-refractivity contribution in [2.45, 2.75) is 59.0 Å². The van der Waals surface area contributed by atoms with Gasteiger partial charge in [0.05, 0.1) is 19.3 Å². The van der Waals surface area contributed by atoms with Gasteiger partial charge in [-0.1, -0.05) is 57.7 Å². The van der Waals surface area contributed by atoms with Gasteiger partial charge in [0, 0.05) is 11.5 Å². The molecule has 1 aromatic carbocycles. The van der Waals surface area contributed by atoms with Gasteiger partial charge in [-0.25, -0.2) is 4.39 Å². The van der Waals surface area contributed by atoms with Crippen LogP contribution in [0, 0.1) is 5.92 Å². The minimum Gasteiger partial charge on any atom is -0.508 e. The molecule has 166 valence electrons. The SMILES string of the molecule is C=Cc1cc(OC)cc(/C=C/CCOC(C)(C)C(CCC)/C(F)=C\CC)c1C(=C)O. The molecule has 0 saturated carbocycles. The molecule has 0 aromatic heterocycles. The molecule has 0 aliphatic carbocycles. The Kier molecular flexibility index (Phi) is 10.6. The molecule has 0 aliphatic heterocycles. The summed E-state index contributed by atoms with van der Waals surface area (Å²) in [5.74, 6) is 0.321. The number of halogens is 1. The molecular weight excluding hydrogens is 379 g/mol. The lowest BCUT2D eigenvalue weighted by atomic mass is 9.85. The van der Waals surface area contributed by atoms with Crippen LogP contribution in [0.5, 0.6) is 5.75 Å². The number of rotatable bonds is 13. The maximum Gasteiger partial charge on any atom is 0.120 e. The average Bonchev–Trinajstić information content (AvgIpc) is 2.70. The van der Waals surface area contributed by atoms with E-state index in [9.17, 15) is 9.50 Å². The van der Waals surface area contributed by atoms with Crippen molar-refractivity contribution in [3.63, 3.8) is 0 Å². The summed E-state index contributed by atoms with van der Waals surface area (Å²) in [5.41, 5.74) is 1.57. The van der Waals surface area contributed by atoms with Crippen LogP contribution in [0.3, 0.4) is 0 Å². The highest BCUT2D eigenvalue weighted by atomic mass is 19.1. The minimum absolute atomic E-state index is 0.0230. The molecule has 0 fully saturated rings. The Morgan fingerprint density at radius 2 is 1.93 bits per heavy atom. The van der Waals surface area contributed by atoms with Gasteiger partial charge >= 0.3 is 0 Å². The summed E-state index contributed by atoms with van der Waals surface area (Å²) in [4.78, 5) is 0. The summed E-state index contributed by atoms with van der Waals surface area (Å²) < 4.78 is 25.9. The van der Waals surface area contributed by atoms with Crippen molar-refractivity contribution in [1.29, 1.82) is 0 Å². The molecule has 0 bridgehead atoms. The predicted molar refractivity (Wildman–Crippen MR) is 126 cm³/mol. The first-order valence-corrected chi connectivity index (χ1v) is 10.6. The first-order valence-electron chi connectivity index (χ1n) is 10.6. The number of benzene rings is 1. The van der Waals surface area contributed by atoms with Gasteiger partial charge in [0.1, 0.15) is 17.3 Å². The van der Waals surface area contributed by atoms with Crippen molar-refractivity contribution < 1.29 is 19.0 Å². The molecule has 4 heteroatoms. The Morgan fingerprint density at radius 3 is 2.47 bits per heavy atom. The molecule has 0 radical (unpaired) electrons. The third kappa shape index (κ3) is 7.17. The monoisotopic (exact) mass is 416 g/mol. The summed E-state index contributed by atoms with van der Waals surface area (Å²) in [5, 5.41) is 10.0. The average molecular weight is 417 g/mol. The van der Waals surface area contributed by atoms with Gasteiger partial charge in [-0.15, -0.1) is 0 Å². The molecule has 1 unspecified atom stereocenters. The number of hydrogen-bond donors (Lipinski definition) is 1. The molecule has 30 heavy (non-hydrogen) atoms. The van der Waals surface area contributed by atoms with Crippen LogP contribution in [0.2, 0.25) is 0 Å². The van der Waals surface area contributed by atoms with Crippen LogP contribution in [-0.2, 0) is 4.74 Å². The fourth-order valence-corrected chi connectivity index (χ4v) is 3.55. The lowest BCUT2D eigenvalue weighted by Crippen LogP contribution is -2.35. The molecule has 1 atom stereocenters. The quantitative estimate of drug-likeness (QED) is 0.264. The van der Waals surface area contributed by atoms with Crippen molar-refractivity contribution >= 4 is 17.9 Å². The highest BCUT2D eigenvalue weighted by molar-refractivity contribution is 5.78. The normalized spacial score (nSPS) is 13.5. The van der Waals surface area contributed by atoms with Crippen LogP contribution >= 0.6 is 0 Å². The zero-order valence-corrected chi connectivity index (χ0v) is 19.1.